The van der Waals surface area contributed by atoms with E-state index in [1.54, 1.807) is 0 Å². The average Bonchev–Trinajstić information content (AvgIpc) is 2.93. The Labute approximate surface area is 91.8 Å². The van der Waals surface area contributed by atoms with E-state index in [1.807, 2.05) is 0 Å². The lowest BCUT2D eigenvalue weighted by atomic mass is 9.79. The second kappa shape index (κ2) is 3.18. The van der Waals surface area contributed by atoms with Crippen molar-refractivity contribution in [2.75, 3.05) is 14.2 Å². The van der Waals surface area contributed by atoms with E-state index >= 15 is 0 Å². The largest absolute Gasteiger partial charge is 0.469 e. The molecule has 2 bridgehead atoms. The summed E-state index contributed by atoms with van der Waals surface area (Å²) in [5.74, 6) is -2.05. The van der Waals surface area contributed by atoms with Gasteiger partial charge < -0.3 is 18.9 Å². The third-order valence-corrected chi connectivity index (χ3v) is 3.56. The number of ether oxygens (including phenoxy) is 4. The Morgan fingerprint density at radius 2 is 1.19 bits per heavy atom. The molecule has 0 amide bonds. The molecule has 0 aromatic heterocycles. The summed E-state index contributed by atoms with van der Waals surface area (Å²) in [6, 6.07) is 0. The lowest BCUT2D eigenvalue weighted by Crippen LogP contribution is -2.42. The normalized spacial score (nSPS) is 47.4. The van der Waals surface area contributed by atoms with Crippen LogP contribution in [0.15, 0.2) is 0 Å². The van der Waals surface area contributed by atoms with E-state index < -0.39 is 23.8 Å². The number of epoxide rings is 1. The molecule has 16 heavy (non-hydrogen) atoms. The third-order valence-electron chi connectivity index (χ3n) is 3.56. The molecular weight excluding hydrogens is 216 g/mol. The van der Waals surface area contributed by atoms with Crippen LogP contribution < -0.4 is 0 Å². The standard InChI is InChI=1S/C10H12O6/c1-13-9(11)3-4(10(12)14-2)6-8-7(16-8)5(3)15-6/h3-8H,1-2H3/t3-,4+,5-,6+,7-,8+. The zero-order valence-corrected chi connectivity index (χ0v) is 8.91. The summed E-state index contributed by atoms with van der Waals surface area (Å²) >= 11 is 0. The minimum absolute atomic E-state index is 0.0463. The Bertz CT molecular complexity index is 321. The summed E-state index contributed by atoms with van der Waals surface area (Å²) in [7, 11) is 2.60. The molecule has 6 atom stereocenters. The smallest absolute Gasteiger partial charge is 0.312 e. The van der Waals surface area contributed by atoms with Gasteiger partial charge in [0.25, 0.3) is 0 Å². The van der Waals surface area contributed by atoms with Crippen LogP contribution in [-0.4, -0.2) is 50.6 Å². The van der Waals surface area contributed by atoms with Crippen LogP contribution in [0.25, 0.3) is 0 Å². The highest BCUT2D eigenvalue weighted by Crippen LogP contribution is 2.54. The monoisotopic (exact) mass is 228 g/mol. The second-order valence-corrected chi connectivity index (χ2v) is 4.23. The van der Waals surface area contributed by atoms with Gasteiger partial charge in [0.15, 0.2) is 0 Å². The summed E-state index contributed by atoms with van der Waals surface area (Å²) in [5.41, 5.74) is 0. The van der Waals surface area contributed by atoms with Gasteiger partial charge in [0.2, 0.25) is 0 Å². The molecule has 0 spiro atoms. The van der Waals surface area contributed by atoms with Gasteiger partial charge in [-0.1, -0.05) is 0 Å². The van der Waals surface area contributed by atoms with Gasteiger partial charge in [-0.3, -0.25) is 9.59 Å². The van der Waals surface area contributed by atoms with E-state index in [-0.39, 0.29) is 24.4 Å². The maximum Gasteiger partial charge on any atom is 0.312 e. The van der Waals surface area contributed by atoms with E-state index in [1.165, 1.54) is 14.2 Å². The zero-order chi connectivity index (χ0) is 11.4. The van der Waals surface area contributed by atoms with Crippen LogP contribution in [-0.2, 0) is 28.5 Å². The summed E-state index contributed by atoms with van der Waals surface area (Å²) in [6.45, 7) is 0. The first-order valence-corrected chi connectivity index (χ1v) is 5.15. The van der Waals surface area contributed by atoms with Crippen molar-refractivity contribution < 1.29 is 28.5 Å². The minimum Gasteiger partial charge on any atom is -0.469 e. The number of hydrogen-bond acceptors (Lipinski definition) is 6. The first kappa shape index (κ1) is 10.0. The van der Waals surface area contributed by atoms with Crippen LogP contribution >= 0.6 is 0 Å². The van der Waals surface area contributed by atoms with Crippen LogP contribution in [0.2, 0.25) is 0 Å². The van der Waals surface area contributed by atoms with Gasteiger partial charge in [0.1, 0.15) is 36.3 Å². The Balaban J connectivity index is 1.89. The van der Waals surface area contributed by atoms with Gasteiger partial charge in [-0.15, -0.1) is 0 Å². The van der Waals surface area contributed by atoms with Gasteiger partial charge >= 0.3 is 11.9 Å². The van der Waals surface area contributed by atoms with Gasteiger partial charge in [0, 0.05) is 0 Å². The first-order valence-electron chi connectivity index (χ1n) is 5.15. The van der Waals surface area contributed by atoms with Gasteiger partial charge in [0.05, 0.1) is 14.2 Å². The molecule has 0 aromatic rings. The molecule has 0 aromatic carbocycles. The van der Waals surface area contributed by atoms with Crippen molar-refractivity contribution in [3.8, 4) is 0 Å². The summed E-state index contributed by atoms with van der Waals surface area (Å²) in [4.78, 5) is 23.3. The molecule has 3 saturated heterocycles. The van der Waals surface area contributed by atoms with Gasteiger partial charge in [-0.25, -0.2) is 0 Å². The van der Waals surface area contributed by atoms with E-state index in [2.05, 4.69) is 0 Å². The lowest BCUT2D eigenvalue weighted by Gasteiger charge is -2.21. The molecule has 0 aliphatic carbocycles. The van der Waals surface area contributed by atoms with Crippen LogP contribution in [0.1, 0.15) is 0 Å². The van der Waals surface area contributed by atoms with E-state index in [0.717, 1.165) is 0 Å². The molecule has 3 rings (SSSR count). The van der Waals surface area contributed by atoms with Crippen molar-refractivity contribution >= 4 is 11.9 Å². The van der Waals surface area contributed by atoms with Crippen molar-refractivity contribution in [2.24, 2.45) is 11.8 Å². The van der Waals surface area contributed by atoms with Crippen LogP contribution in [0.3, 0.4) is 0 Å². The fourth-order valence-corrected chi connectivity index (χ4v) is 2.82. The van der Waals surface area contributed by atoms with Crippen LogP contribution in [0.4, 0.5) is 0 Å². The Kier molecular flexibility index (Phi) is 1.99. The molecule has 3 fully saturated rings. The molecule has 0 unspecified atom stereocenters. The fraction of sp³-hybridized carbons (Fsp3) is 0.800. The SMILES string of the molecule is COC(=O)[C@@H]1[C@@H]2O[C@@H]([C@H]3O[C@H]32)[C@@H]1C(=O)OC. The third kappa shape index (κ3) is 1.08. The Hall–Kier alpha value is -1.14. The molecule has 3 aliphatic rings. The maximum atomic E-state index is 11.6. The lowest BCUT2D eigenvalue weighted by molar-refractivity contribution is -0.157. The number of carbonyl (C=O) groups excluding carboxylic acids is 2. The molecule has 0 N–H and O–H groups in total. The molecule has 6 heteroatoms. The number of rotatable bonds is 2. The van der Waals surface area contributed by atoms with E-state index in [9.17, 15) is 9.59 Å². The van der Waals surface area contributed by atoms with Gasteiger partial charge in [-0.2, -0.15) is 0 Å². The molecule has 3 aliphatic heterocycles. The highest BCUT2D eigenvalue weighted by atomic mass is 16.7. The van der Waals surface area contributed by atoms with Crippen molar-refractivity contribution in [2.45, 2.75) is 24.4 Å². The number of fused-ring (bicyclic) bond motifs is 5. The first-order chi connectivity index (χ1) is 7.69. The fourth-order valence-electron chi connectivity index (χ4n) is 2.82. The molecule has 0 radical (unpaired) electrons. The molecule has 6 nitrogen and oxygen atoms in total. The van der Waals surface area contributed by atoms with Crippen LogP contribution in [0, 0.1) is 11.8 Å². The maximum absolute atomic E-state index is 11.6. The molecule has 3 heterocycles. The number of esters is 2. The topological polar surface area (TPSA) is 74.4 Å². The quantitative estimate of drug-likeness (QED) is 0.451. The van der Waals surface area contributed by atoms with Crippen molar-refractivity contribution in [1.82, 2.24) is 0 Å². The number of carbonyl (C=O) groups is 2. The molecule has 88 valence electrons. The second-order valence-electron chi connectivity index (χ2n) is 4.23. The predicted octanol–water partition coefficient (Wildman–Crippen LogP) is -0.887. The molecular formula is C10H12O6. The van der Waals surface area contributed by atoms with E-state index in [4.69, 9.17) is 18.9 Å². The van der Waals surface area contributed by atoms with Crippen molar-refractivity contribution in [3.63, 3.8) is 0 Å². The van der Waals surface area contributed by atoms with Crippen molar-refractivity contribution in [1.29, 1.82) is 0 Å². The molecule has 0 saturated carbocycles. The summed E-state index contributed by atoms with van der Waals surface area (Å²) < 4.78 is 20.3. The summed E-state index contributed by atoms with van der Waals surface area (Å²) in [6.07, 6.45) is -0.803. The number of methoxy groups -OCH3 is 2. The van der Waals surface area contributed by atoms with E-state index in [0.29, 0.717) is 0 Å². The number of hydrogen-bond donors (Lipinski definition) is 0. The Morgan fingerprint density at radius 1 is 0.812 bits per heavy atom. The predicted molar refractivity (Wildman–Crippen MR) is 48.3 cm³/mol. The van der Waals surface area contributed by atoms with Crippen molar-refractivity contribution in [3.05, 3.63) is 0 Å². The highest BCUT2D eigenvalue weighted by Gasteiger charge is 2.73. The Morgan fingerprint density at radius 3 is 1.56 bits per heavy atom. The zero-order valence-electron chi connectivity index (χ0n) is 8.91. The minimum atomic E-state index is -0.591. The van der Waals surface area contributed by atoms with Gasteiger partial charge in [-0.05, 0) is 0 Å². The summed E-state index contributed by atoms with van der Waals surface area (Å²) in [5, 5.41) is 0. The highest BCUT2D eigenvalue weighted by molar-refractivity contribution is 5.84. The van der Waals surface area contributed by atoms with Crippen LogP contribution in [0.5, 0.6) is 0 Å². The average molecular weight is 228 g/mol.